The highest BCUT2D eigenvalue weighted by atomic mass is 16.6. The van der Waals surface area contributed by atoms with Gasteiger partial charge in [0.1, 0.15) is 13.2 Å². The summed E-state index contributed by atoms with van der Waals surface area (Å²) < 4.78 is 16.9. The lowest BCUT2D eigenvalue weighted by atomic mass is 10.0. The van der Waals surface area contributed by atoms with Crippen molar-refractivity contribution in [2.75, 3.05) is 13.2 Å². The van der Waals surface area contributed by atoms with Gasteiger partial charge in [-0.15, -0.1) is 0 Å². The van der Waals surface area contributed by atoms with Crippen LogP contribution in [0.4, 0.5) is 0 Å². The highest BCUT2D eigenvalue weighted by Gasteiger charge is 2.19. The van der Waals surface area contributed by atoms with Crippen LogP contribution in [0.15, 0.2) is 0 Å². The molecule has 0 aliphatic heterocycles. The van der Waals surface area contributed by atoms with E-state index in [4.69, 9.17) is 14.2 Å². The Balaban J connectivity index is 4.29. The molecule has 69 heavy (non-hydrogen) atoms. The van der Waals surface area contributed by atoms with Gasteiger partial charge in [-0.3, -0.25) is 14.4 Å². The van der Waals surface area contributed by atoms with Gasteiger partial charge in [-0.1, -0.05) is 317 Å². The summed E-state index contributed by atoms with van der Waals surface area (Å²) in [5.74, 6) is 0.856. The van der Waals surface area contributed by atoms with Crippen LogP contribution in [0.2, 0.25) is 0 Å². The van der Waals surface area contributed by atoms with Gasteiger partial charge >= 0.3 is 17.9 Å². The zero-order chi connectivity index (χ0) is 50.4. The summed E-state index contributed by atoms with van der Waals surface area (Å²) >= 11 is 0. The highest BCUT2D eigenvalue weighted by Crippen LogP contribution is 2.19. The van der Waals surface area contributed by atoms with Crippen molar-refractivity contribution in [1.82, 2.24) is 0 Å². The Morgan fingerprint density at radius 1 is 0.275 bits per heavy atom. The molecular formula is C63H122O6. The maximum atomic E-state index is 12.9. The maximum Gasteiger partial charge on any atom is 0.306 e. The van der Waals surface area contributed by atoms with E-state index < -0.39 is 6.10 Å². The number of unbranched alkanes of at least 4 members (excludes halogenated alkanes) is 42. The second-order valence-electron chi connectivity index (χ2n) is 22.6. The average molecular weight is 976 g/mol. The van der Waals surface area contributed by atoms with Gasteiger partial charge in [-0.05, 0) is 31.1 Å². The topological polar surface area (TPSA) is 78.9 Å². The number of carbonyl (C=O) groups is 3. The lowest BCUT2D eigenvalue weighted by Gasteiger charge is -2.18. The summed E-state index contributed by atoms with van der Waals surface area (Å²) in [5, 5.41) is 0. The van der Waals surface area contributed by atoms with Crippen molar-refractivity contribution in [2.45, 2.75) is 362 Å². The number of hydrogen-bond donors (Lipinski definition) is 0. The molecule has 0 rings (SSSR count). The molecule has 6 heteroatoms. The first kappa shape index (κ1) is 67.4. The van der Waals surface area contributed by atoms with Gasteiger partial charge in [0.15, 0.2) is 6.10 Å². The van der Waals surface area contributed by atoms with E-state index in [1.54, 1.807) is 0 Å². The first-order valence-corrected chi connectivity index (χ1v) is 31.2. The number of hydrogen-bond acceptors (Lipinski definition) is 6. The van der Waals surface area contributed by atoms with Crippen molar-refractivity contribution < 1.29 is 28.6 Å². The van der Waals surface area contributed by atoms with Gasteiger partial charge in [0, 0.05) is 19.3 Å². The van der Waals surface area contributed by atoms with Crippen LogP contribution < -0.4 is 0 Å². The summed E-state index contributed by atoms with van der Waals surface area (Å²) in [4.78, 5) is 38.3. The molecule has 0 saturated heterocycles. The first-order valence-electron chi connectivity index (χ1n) is 31.2. The summed E-state index contributed by atoms with van der Waals surface area (Å²) in [6.07, 6.45) is 61.0. The van der Waals surface area contributed by atoms with Gasteiger partial charge in [0.2, 0.25) is 0 Å². The minimum Gasteiger partial charge on any atom is -0.462 e. The molecule has 0 heterocycles. The summed E-state index contributed by atoms with van der Waals surface area (Å²) in [5.41, 5.74) is 0. The molecule has 0 aliphatic rings. The molecule has 0 aliphatic carbocycles. The van der Waals surface area contributed by atoms with Crippen LogP contribution in [0.1, 0.15) is 356 Å². The molecule has 0 unspecified atom stereocenters. The molecule has 0 amide bonds. The molecule has 0 N–H and O–H groups in total. The predicted molar refractivity (Wildman–Crippen MR) is 298 cm³/mol. The second-order valence-corrected chi connectivity index (χ2v) is 22.6. The fourth-order valence-corrected chi connectivity index (χ4v) is 9.76. The lowest BCUT2D eigenvalue weighted by Crippen LogP contribution is -2.30. The smallest absolute Gasteiger partial charge is 0.306 e. The molecule has 410 valence electrons. The van der Waals surface area contributed by atoms with Crippen LogP contribution in [0.5, 0.6) is 0 Å². The quantitative estimate of drug-likeness (QED) is 0.0343. The van der Waals surface area contributed by atoms with Crippen LogP contribution in [-0.2, 0) is 28.6 Å². The Morgan fingerprint density at radius 2 is 0.478 bits per heavy atom. The maximum absolute atomic E-state index is 12.9. The largest absolute Gasteiger partial charge is 0.462 e. The zero-order valence-corrected chi connectivity index (χ0v) is 47.5. The fraction of sp³-hybridized carbons (Fsp3) is 0.952. The monoisotopic (exact) mass is 975 g/mol. The Hall–Kier alpha value is -1.59. The zero-order valence-electron chi connectivity index (χ0n) is 47.5. The molecule has 0 spiro atoms. The molecule has 0 aromatic rings. The minimum atomic E-state index is -0.763. The summed E-state index contributed by atoms with van der Waals surface area (Å²) in [7, 11) is 0. The Bertz CT molecular complexity index is 1060. The van der Waals surface area contributed by atoms with Crippen LogP contribution in [0.25, 0.3) is 0 Å². The van der Waals surface area contributed by atoms with Crippen molar-refractivity contribution in [3.05, 3.63) is 0 Å². The van der Waals surface area contributed by atoms with E-state index >= 15 is 0 Å². The van der Waals surface area contributed by atoms with Crippen molar-refractivity contribution in [3.8, 4) is 0 Å². The number of esters is 3. The molecular weight excluding hydrogens is 853 g/mol. The third-order valence-corrected chi connectivity index (χ3v) is 14.5. The second kappa shape index (κ2) is 55.7. The van der Waals surface area contributed by atoms with Crippen LogP contribution >= 0.6 is 0 Å². The van der Waals surface area contributed by atoms with Crippen LogP contribution in [0.3, 0.4) is 0 Å². The average Bonchev–Trinajstić information content (AvgIpc) is 3.32. The molecule has 0 aromatic carbocycles. The molecule has 6 nitrogen and oxygen atoms in total. The number of carbonyl (C=O) groups excluding carboxylic acids is 3. The van der Waals surface area contributed by atoms with Crippen molar-refractivity contribution in [3.63, 3.8) is 0 Å². The van der Waals surface area contributed by atoms with E-state index in [2.05, 4.69) is 34.6 Å². The number of ether oxygens (including phenoxy) is 3. The third kappa shape index (κ3) is 57.2. The molecule has 0 fully saturated rings. The highest BCUT2D eigenvalue weighted by molar-refractivity contribution is 5.71. The first-order chi connectivity index (χ1) is 33.7. The van der Waals surface area contributed by atoms with E-state index in [0.717, 1.165) is 69.6 Å². The molecule has 0 aromatic heterocycles. The van der Waals surface area contributed by atoms with Gasteiger partial charge < -0.3 is 14.2 Å². The van der Waals surface area contributed by atoms with E-state index in [0.29, 0.717) is 19.3 Å². The van der Waals surface area contributed by atoms with Gasteiger partial charge in [-0.25, -0.2) is 0 Å². The van der Waals surface area contributed by atoms with Crippen molar-refractivity contribution in [1.29, 1.82) is 0 Å². The summed E-state index contributed by atoms with van der Waals surface area (Å²) in [6, 6.07) is 0. The molecule has 0 bridgehead atoms. The normalized spacial score (nSPS) is 12.0. The predicted octanol–water partition coefficient (Wildman–Crippen LogP) is 20.8. The Labute approximate surface area is 431 Å². The van der Waals surface area contributed by atoms with Crippen LogP contribution in [-0.4, -0.2) is 37.2 Å². The van der Waals surface area contributed by atoms with E-state index in [-0.39, 0.29) is 31.1 Å². The SMILES string of the molecule is CCCCCCCCCCCCCCCCCCCC(=O)O[C@H](COC(=O)CCCCCCCCCCCCCCCCCC(C)C)COC(=O)CCCCCCCCCCCCCCCC(C)C. The Morgan fingerprint density at radius 3 is 0.710 bits per heavy atom. The molecule has 0 saturated carbocycles. The van der Waals surface area contributed by atoms with Gasteiger partial charge in [-0.2, -0.15) is 0 Å². The summed E-state index contributed by atoms with van der Waals surface area (Å²) in [6.45, 7) is 11.4. The lowest BCUT2D eigenvalue weighted by molar-refractivity contribution is -0.167. The van der Waals surface area contributed by atoms with Crippen LogP contribution in [0, 0.1) is 11.8 Å². The number of rotatable bonds is 57. The Kier molecular flexibility index (Phi) is 54.4. The fourth-order valence-electron chi connectivity index (χ4n) is 9.76. The molecule has 1 atom stereocenters. The van der Waals surface area contributed by atoms with E-state index in [1.165, 1.54) is 244 Å². The minimum absolute atomic E-state index is 0.0620. The third-order valence-electron chi connectivity index (χ3n) is 14.5. The van der Waals surface area contributed by atoms with E-state index in [9.17, 15) is 14.4 Å². The molecule has 0 radical (unpaired) electrons. The van der Waals surface area contributed by atoms with Gasteiger partial charge in [0.25, 0.3) is 0 Å². The standard InChI is InChI=1S/C63H122O6/c1-6-7-8-9-10-11-12-13-14-15-18-24-30-35-40-45-50-55-63(66)69-60(57-68-62(65)54-49-44-39-34-29-25-20-22-27-32-37-42-47-52-59(4)5)56-67-61(64)53-48-43-38-33-28-23-19-16-17-21-26-31-36-41-46-51-58(2)3/h58-60H,6-57H2,1-5H3/t60-/m1/s1. The van der Waals surface area contributed by atoms with Crippen molar-refractivity contribution >= 4 is 17.9 Å². The van der Waals surface area contributed by atoms with E-state index in [1.807, 2.05) is 0 Å². The van der Waals surface area contributed by atoms with Crippen molar-refractivity contribution in [2.24, 2.45) is 11.8 Å². The van der Waals surface area contributed by atoms with Gasteiger partial charge in [0.05, 0.1) is 0 Å².